The third kappa shape index (κ3) is 48.1. The van der Waals surface area contributed by atoms with Gasteiger partial charge in [0.1, 0.15) is 0 Å². The van der Waals surface area contributed by atoms with Crippen LogP contribution in [0, 0.1) is 0 Å². The van der Waals surface area contributed by atoms with Crippen LogP contribution >= 0.6 is 37.2 Å². The first-order valence-corrected chi connectivity index (χ1v) is 14.1. The Labute approximate surface area is 94.7 Å². The van der Waals surface area contributed by atoms with Crippen LogP contribution in [0.5, 0.6) is 0 Å². The van der Waals surface area contributed by atoms with E-state index >= 15 is 0 Å². The molecule has 0 saturated heterocycles. The molecule has 1 nitrogen and oxygen atoms in total. The summed E-state index contributed by atoms with van der Waals surface area (Å²) in [6.45, 7) is 3.01. The van der Waals surface area contributed by atoms with Crippen molar-refractivity contribution in [2.45, 2.75) is 6.92 Å². The monoisotopic (exact) mass is 637 g/mol. The first-order chi connectivity index (χ1) is 2.83. The molecule has 0 heterocycles. The van der Waals surface area contributed by atoms with Gasteiger partial charge in [0.05, 0.1) is 6.54 Å². The van der Waals surface area contributed by atoms with Crippen LogP contribution in [0.3, 0.4) is 0 Å². The molecule has 0 aromatic heterocycles. The summed E-state index contributed by atoms with van der Waals surface area (Å²) in [6.07, 6.45) is 0. The molecular weight excluding hydrogens is 626 g/mol. The van der Waals surface area contributed by atoms with Crippen molar-refractivity contribution in [2.75, 3.05) is 6.54 Å². The van der Waals surface area contributed by atoms with E-state index in [0.29, 0.717) is 13.3 Å². The quantitative estimate of drug-likeness (QED) is 0.219. The average Bonchev–Trinajstić information content (AvgIpc) is 1.39. The molecule has 0 unspecified atom stereocenters. The Morgan fingerprint density at radius 3 is 1.57 bits per heavy atom. The fraction of sp³-hybridized carbons (Fsp3) is 1.00. The Kier molecular flexibility index (Phi) is 54.4. The molecule has 0 aliphatic heterocycles. The first kappa shape index (κ1) is 16.6. The van der Waals surface area contributed by atoms with Gasteiger partial charge in [-0.2, -0.15) is 0 Å². The van der Waals surface area contributed by atoms with Crippen molar-refractivity contribution in [3.05, 3.63) is 0 Å². The zero-order valence-electron chi connectivity index (χ0n) is 4.26. The Hall–Kier alpha value is 3.07. The van der Waals surface area contributed by atoms with E-state index in [4.69, 9.17) is 0 Å². The zero-order chi connectivity index (χ0) is 5.41. The van der Waals surface area contributed by atoms with Gasteiger partial charge in [-0.15, -0.1) is 0 Å². The van der Waals surface area contributed by atoms with E-state index < -0.39 is 0 Å². The van der Waals surface area contributed by atoms with Crippen LogP contribution in [-0.2, 0) is 0 Å². The van der Waals surface area contributed by atoms with Gasteiger partial charge in [-0.3, -0.25) is 0 Å². The van der Waals surface area contributed by atoms with E-state index in [1.807, 2.05) is 6.92 Å². The van der Waals surface area contributed by atoms with Crippen LogP contribution < -0.4 is 19.0 Å². The van der Waals surface area contributed by atoms with Crippen LogP contribution in [0.25, 0.3) is 0 Å². The summed E-state index contributed by atoms with van der Waals surface area (Å²) in [7, 11) is 0. The van der Waals surface area contributed by atoms with Crippen LogP contribution in [-0.4, -0.2) is 33.8 Å². The van der Waals surface area contributed by atoms with E-state index in [0.717, 1.165) is 6.54 Å². The predicted octanol–water partition coefficient (Wildman–Crippen LogP) is -2.89. The third-order valence-corrected chi connectivity index (χ3v) is 0. The van der Waals surface area contributed by atoms with Gasteiger partial charge in [0.2, 0.25) is 0 Å². The predicted molar refractivity (Wildman–Crippen MR) is 50.0 cm³/mol. The maximum atomic E-state index is 3.49. The first-order valence-electron chi connectivity index (χ1n) is 1.49. The number of hydrogen-bond donors (Lipinski definition) is 1. The van der Waals surface area contributed by atoms with Gasteiger partial charge < -0.3 is 5.73 Å². The Morgan fingerprint density at radius 1 is 1.57 bits per heavy atom. The molecule has 0 atom stereocenters. The second kappa shape index (κ2) is 23.0. The Balaban J connectivity index is -0.0000000400. The van der Waals surface area contributed by atoms with Gasteiger partial charge in [0.25, 0.3) is 0 Å². The zero-order valence-corrected chi connectivity index (χ0v) is 16.2. The molecule has 48 valence electrons. The molecule has 5 heteroatoms. The molecule has 0 bridgehead atoms. The van der Waals surface area contributed by atoms with Crippen molar-refractivity contribution in [2.24, 2.45) is 0 Å². The molecular formula is C2H10I3NPb. The van der Waals surface area contributed by atoms with Gasteiger partial charge in [-0.1, -0.05) is 0 Å². The fourth-order valence-electron chi connectivity index (χ4n) is 0. The van der Waals surface area contributed by atoms with Gasteiger partial charge in [-0.25, -0.2) is 0 Å². The summed E-state index contributed by atoms with van der Waals surface area (Å²) < 4.78 is 0. The molecule has 0 fully saturated rings. The minimum absolute atomic E-state index is 0. The molecule has 0 aliphatic rings. The normalized spacial score (nSPS) is 5.71. The van der Waals surface area contributed by atoms with E-state index in [-0.39, 0.29) is 27.3 Å². The molecule has 0 aromatic rings. The van der Waals surface area contributed by atoms with Crippen molar-refractivity contribution >= 4 is 64.5 Å². The molecule has 0 saturated carbocycles. The van der Waals surface area contributed by atoms with Gasteiger partial charge in [0, 0.05) is 0 Å². The average molecular weight is 636 g/mol. The number of halogens is 3. The SMILES string of the molecule is CC[NH3+].I[I-]I.[PbH2]. The van der Waals surface area contributed by atoms with Crippen molar-refractivity contribution < 1.29 is 19.0 Å². The van der Waals surface area contributed by atoms with Crippen molar-refractivity contribution in [3.63, 3.8) is 0 Å². The third-order valence-electron chi connectivity index (χ3n) is 0. The summed E-state index contributed by atoms with van der Waals surface area (Å²) in [6, 6.07) is 0. The second-order valence-corrected chi connectivity index (χ2v) is 16.8. The van der Waals surface area contributed by atoms with E-state index in [9.17, 15) is 0 Å². The maximum absolute atomic E-state index is 3.49. The van der Waals surface area contributed by atoms with Crippen molar-refractivity contribution in [3.8, 4) is 0 Å². The molecule has 0 spiro atoms. The fourth-order valence-corrected chi connectivity index (χ4v) is 0. The molecule has 2 radical (unpaired) electrons. The summed E-state index contributed by atoms with van der Waals surface area (Å²) in [5.74, 6) is 0. The van der Waals surface area contributed by atoms with Crippen molar-refractivity contribution in [1.29, 1.82) is 0 Å². The molecule has 0 aromatic carbocycles. The Bertz CT molecular complexity index is 14.9. The molecule has 0 amide bonds. The second-order valence-electron chi connectivity index (χ2n) is 0.554. The van der Waals surface area contributed by atoms with Gasteiger partial charge in [-0.05, 0) is 6.92 Å². The summed E-state index contributed by atoms with van der Waals surface area (Å²) in [5, 5.41) is 0. The Morgan fingerprint density at radius 2 is 1.57 bits per heavy atom. The molecule has 0 rings (SSSR count). The van der Waals surface area contributed by atoms with E-state index in [2.05, 4.69) is 43.0 Å². The van der Waals surface area contributed by atoms with E-state index in [1.54, 1.807) is 0 Å². The van der Waals surface area contributed by atoms with Crippen LogP contribution in [0.2, 0.25) is 0 Å². The molecule has 0 aliphatic carbocycles. The summed E-state index contributed by atoms with van der Waals surface area (Å²) in [5.41, 5.74) is 3.49. The van der Waals surface area contributed by atoms with Crippen LogP contribution in [0.15, 0.2) is 0 Å². The molecule has 7 heavy (non-hydrogen) atoms. The molecule has 3 N–H and O–H groups in total. The van der Waals surface area contributed by atoms with Crippen LogP contribution in [0.1, 0.15) is 6.92 Å². The van der Waals surface area contributed by atoms with E-state index in [1.165, 1.54) is 0 Å². The minimum atomic E-state index is 0. The number of rotatable bonds is 0. The standard InChI is InChI=1S/C2H7N.I3.Pb.2H/c1-2-3;1-3-2;;;/h2-3H2,1H3;;;;/q;-1;;;/p+1. The summed E-state index contributed by atoms with van der Waals surface area (Å²) in [4.78, 5) is 0. The topological polar surface area (TPSA) is 27.6 Å². The van der Waals surface area contributed by atoms with Gasteiger partial charge >= 0.3 is 77.8 Å². The van der Waals surface area contributed by atoms with Crippen LogP contribution in [0.4, 0.5) is 0 Å². The number of quaternary nitrogens is 1. The number of hydrogen-bond acceptors (Lipinski definition) is 0. The van der Waals surface area contributed by atoms with Gasteiger partial charge in [0.15, 0.2) is 0 Å². The summed E-state index contributed by atoms with van der Waals surface area (Å²) >= 11 is 5.30. The van der Waals surface area contributed by atoms with Crippen molar-refractivity contribution in [1.82, 2.24) is 0 Å².